The first kappa shape index (κ1) is 13.4. The molecule has 0 aromatic carbocycles. The maximum absolute atomic E-state index is 10.7. The zero-order valence-corrected chi connectivity index (χ0v) is 10.3. The number of hydrogen-bond acceptors (Lipinski definition) is 3. The second-order valence-electron chi connectivity index (χ2n) is 3.84. The average molecular weight is 234 g/mol. The predicted molar refractivity (Wildman–Crippen MR) is 66.6 cm³/mol. The van der Waals surface area contributed by atoms with Gasteiger partial charge in [0.15, 0.2) is 0 Å². The molecule has 0 spiro atoms. The lowest BCUT2D eigenvalue weighted by Crippen LogP contribution is -2.23. The van der Waals surface area contributed by atoms with Crippen LogP contribution in [0.1, 0.15) is 19.5 Å². The highest BCUT2D eigenvalue weighted by molar-refractivity contribution is 5.85. The van der Waals surface area contributed by atoms with Crippen molar-refractivity contribution in [1.82, 2.24) is 9.88 Å². The van der Waals surface area contributed by atoms with E-state index >= 15 is 0 Å². The third-order valence-electron chi connectivity index (χ3n) is 2.55. The highest BCUT2D eigenvalue weighted by Crippen LogP contribution is 2.02. The Labute approximate surface area is 102 Å². The van der Waals surface area contributed by atoms with Gasteiger partial charge in [-0.2, -0.15) is 0 Å². The third-order valence-corrected chi connectivity index (χ3v) is 2.55. The van der Waals surface area contributed by atoms with Crippen molar-refractivity contribution < 1.29 is 9.90 Å². The van der Waals surface area contributed by atoms with Crippen LogP contribution in [0.25, 0.3) is 0 Å². The summed E-state index contributed by atoms with van der Waals surface area (Å²) < 4.78 is 0. The topological polar surface area (TPSA) is 53.4 Å². The minimum Gasteiger partial charge on any atom is -0.478 e. The number of carbonyl (C=O) groups is 1. The van der Waals surface area contributed by atoms with E-state index in [1.54, 1.807) is 19.2 Å². The van der Waals surface area contributed by atoms with Crippen LogP contribution < -0.4 is 0 Å². The Morgan fingerprint density at radius 2 is 2.29 bits per heavy atom. The number of nitrogens with zero attached hydrogens (tertiary/aromatic N) is 2. The highest BCUT2D eigenvalue weighted by atomic mass is 16.4. The minimum absolute atomic E-state index is 0.379. The molecular formula is C13H18N2O2. The van der Waals surface area contributed by atoms with Gasteiger partial charge < -0.3 is 5.11 Å². The van der Waals surface area contributed by atoms with Crippen LogP contribution in [-0.2, 0) is 11.3 Å². The van der Waals surface area contributed by atoms with Crippen LogP contribution in [0, 0.1) is 0 Å². The third kappa shape index (κ3) is 4.78. The van der Waals surface area contributed by atoms with Gasteiger partial charge in [0.25, 0.3) is 0 Å². The van der Waals surface area contributed by atoms with Crippen LogP contribution in [0.2, 0.25) is 0 Å². The van der Waals surface area contributed by atoms with Crippen LogP contribution in [0.15, 0.2) is 36.0 Å². The molecule has 1 N–H and O–H groups in total. The predicted octanol–water partition coefficient (Wildman–Crippen LogP) is 1.93. The number of aromatic nitrogens is 1. The summed E-state index contributed by atoms with van der Waals surface area (Å²) in [5.41, 5.74) is 1.38. The molecule has 0 aliphatic carbocycles. The molecular weight excluding hydrogens is 216 g/mol. The Morgan fingerprint density at radius 3 is 2.82 bits per heavy atom. The molecule has 0 saturated heterocycles. The van der Waals surface area contributed by atoms with Crippen molar-refractivity contribution in [2.75, 3.05) is 13.1 Å². The Balaban J connectivity index is 2.55. The van der Waals surface area contributed by atoms with E-state index in [0.29, 0.717) is 12.1 Å². The molecule has 0 aliphatic rings. The quantitative estimate of drug-likeness (QED) is 0.764. The Kier molecular flexibility index (Phi) is 5.36. The molecule has 0 atom stereocenters. The van der Waals surface area contributed by atoms with Gasteiger partial charge in [0.2, 0.25) is 0 Å². The molecule has 1 aromatic heterocycles. The van der Waals surface area contributed by atoms with Gasteiger partial charge in [-0.15, -0.1) is 0 Å². The average Bonchev–Trinajstić information content (AvgIpc) is 2.35. The first-order valence-corrected chi connectivity index (χ1v) is 5.65. The Bertz CT molecular complexity index is 388. The summed E-state index contributed by atoms with van der Waals surface area (Å²) >= 11 is 0. The van der Waals surface area contributed by atoms with E-state index in [2.05, 4.69) is 9.88 Å². The number of pyridine rings is 1. The number of carboxylic acid groups (broad SMARTS) is 1. The van der Waals surface area contributed by atoms with Crippen LogP contribution >= 0.6 is 0 Å². The highest BCUT2D eigenvalue weighted by Gasteiger charge is 2.04. The fourth-order valence-corrected chi connectivity index (χ4v) is 1.38. The van der Waals surface area contributed by atoms with Gasteiger partial charge in [0, 0.05) is 24.9 Å². The van der Waals surface area contributed by atoms with Crippen molar-refractivity contribution in [3.63, 3.8) is 0 Å². The molecule has 0 fully saturated rings. The standard InChI is InChI=1S/C13H18N2O2/c1-3-15(9-7-11(2)13(16)17)10-12-6-4-5-8-14-12/h4-8H,3,9-10H2,1-2H3,(H,16,17). The Morgan fingerprint density at radius 1 is 1.53 bits per heavy atom. The lowest BCUT2D eigenvalue weighted by atomic mass is 10.2. The normalized spacial score (nSPS) is 11.8. The van der Waals surface area contributed by atoms with E-state index in [9.17, 15) is 4.79 Å². The van der Waals surface area contributed by atoms with Gasteiger partial charge in [0.1, 0.15) is 0 Å². The number of likely N-dealkylation sites (N-methyl/N-ethyl adjacent to an activating group) is 1. The van der Waals surface area contributed by atoms with Crippen LogP contribution in [-0.4, -0.2) is 34.0 Å². The molecule has 1 heterocycles. The second-order valence-corrected chi connectivity index (χ2v) is 3.84. The number of hydrogen-bond donors (Lipinski definition) is 1. The molecule has 1 aromatic rings. The van der Waals surface area contributed by atoms with E-state index in [-0.39, 0.29) is 0 Å². The van der Waals surface area contributed by atoms with E-state index in [1.807, 2.05) is 25.1 Å². The number of aliphatic carboxylic acids is 1. The summed E-state index contributed by atoms with van der Waals surface area (Å²) in [5.74, 6) is -0.862. The molecule has 0 unspecified atom stereocenters. The monoisotopic (exact) mass is 234 g/mol. The van der Waals surface area contributed by atoms with Crippen molar-refractivity contribution in [1.29, 1.82) is 0 Å². The lowest BCUT2D eigenvalue weighted by molar-refractivity contribution is -0.132. The van der Waals surface area contributed by atoms with Crippen molar-refractivity contribution in [3.05, 3.63) is 41.7 Å². The largest absolute Gasteiger partial charge is 0.478 e. The van der Waals surface area contributed by atoms with Gasteiger partial charge in [-0.1, -0.05) is 19.1 Å². The fraction of sp³-hybridized carbons (Fsp3) is 0.385. The lowest BCUT2D eigenvalue weighted by Gasteiger charge is -2.17. The molecule has 0 bridgehead atoms. The van der Waals surface area contributed by atoms with Gasteiger partial charge in [0.05, 0.1) is 5.69 Å². The van der Waals surface area contributed by atoms with Gasteiger partial charge in [-0.05, 0) is 25.6 Å². The summed E-state index contributed by atoms with van der Waals surface area (Å²) in [4.78, 5) is 17.0. The van der Waals surface area contributed by atoms with Crippen LogP contribution in [0.3, 0.4) is 0 Å². The van der Waals surface area contributed by atoms with Gasteiger partial charge in [-0.3, -0.25) is 9.88 Å². The molecule has 1 rings (SSSR count). The molecule has 4 nitrogen and oxygen atoms in total. The first-order valence-electron chi connectivity index (χ1n) is 5.65. The maximum Gasteiger partial charge on any atom is 0.330 e. The molecule has 0 aliphatic heterocycles. The second kappa shape index (κ2) is 6.81. The number of rotatable bonds is 6. The van der Waals surface area contributed by atoms with Gasteiger partial charge >= 0.3 is 5.97 Å². The smallest absolute Gasteiger partial charge is 0.330 e. The zero-order chi connectivity index (χ0) is 12.7. The number of carboxylic acids is 1. The van der Waals surface area contributed by atoms with Crippen molar-refractivity contribution in [2.45, 2.75) is 20.4 Å². The maximum atomic E-state index is 10.7. The fourth-order valence-electron chi connectivity index (χ4n) is 1.38. The summed E-state index contributed by atoms with van der Waals surface area (Å²) in [7, 11) is 0. The summed E-state index contributed by atoms with van der Waals surface area (Å²) in [6.07, 6.45) is 3.50. The molecule has 0 amide bonds. The molecule has 0 saturated carbocycles. The minimum atomic E-state index is -0.862. The SMILES string of the molecule is CCN(CC=C(C)C(=O)O)Cc1ccccn1. The van der Waals surface area contributed by atoms with E-state index in [0.717, 1.165) is 18.8 Å². The van der Waals surface area contributed by atoms with E-state index in [4.69, 9.17) is 5.11 Å². The van der Waals surface area contributed by atoms with Gasteiger partial charge in [-0.25, -0.2) is 4.79 Å². The first-order chi connectivity index (χ1) is 8.13. The zero-order valence-electron chi connectivity index (χ0n) is 10.3. The molecule has 17 heavy (non-hydrogen) atoms. The van der Waals surface area contributed by atoms with Crippen LogP contribution in [0.4, 0.5) is 0 Å². The summed E-state index contributed by atoms with van der Waals surface area (Å²) in [6.45, 7) is 5.88. The summed E-state index contributed by atoms with van der Waals surface area (Å²) in [5, 5.41) is 8.76. The van der Waals surface area contributed by atoms with Crippen molar-refractivity contribution >= 4 is 5.97 Å². The van der Waals surface area contributed by atoms with Crippen molar-refractivity contribution in [2.24, 2.45) is 0 Å². The molecule has 4 heteroatoms. The van der Waals surface area contributed by atoms with E-state index in [1.165, 1.54) is 0 Å². The van der Waals surface area contributed by atoms with Crippen LogP contribution in [0.5, 0.6) is 0 Å². The Hall–Kier alpha value is -1.68. The van der Waals surface area contributed by atoms with E-state index < -0.39 is 5.97 Å². The molecule has 0 radical (unpaired) electrons. The van der Waals surface area contributed by atoms with Crippen molar-refractivity contribution in [3.8, 4) is 0 Å². The molecule has 92 valence electrons. The summed E-state index contributed by atoms with van der Waals surface area (Å²) in [6, 6.07) is 5.80.